The van der Waals surface area contributed by atoms with Crippen LogP contribution in [0, 0.1) is 0 Å². The van der Waals surface area contributed by atoms with Gasteiger partial charge in [-0.15, -0.1) is 11.3 Å². The van der Waals surface area contributed by atoms with Gasteiger partial charge in [-0.2, -0.15) is 0 Å². The normalized spacial score (nSPS) is 15.2. The summed E-state index contributed by atoms with van der Waals surface area (Å²) in [5.41, 5.74) is 2.45. The molecule has 1 saturated carbocycles. The number of rotatable bonds is 6. The number of nitrogens with one attached hydrogen (secondary N) is 2. The third-order valence-corrected chi connectivity index (χ3v) is 5.40. The molecule has 1 aromatic carbocycles. The molecule has 0 bridgehead atoms. The lowest BCUT2D eigenvalue weighted by Gasteiger charge is -2.19. The van der Waals surface area contributed by atoms with Gasteiger partial charge < -0.3 is 10.6 Å². The number of carbonyl (C=O) groups excluding carboxylic acids is 1. The molecule has 2 amide bonds. The van der Waals surface area contributed by atoms with E-state index < -0.39 is 0 Å². The lowest BCUT2D eigenvalue weighted by atomic mass is 9.87. The van der Waals surface area contributed by atoms with Crippen LogP contribution in [0.1, 0.15) is 54.3 Å². The van der Waals surface area contributed by atoms with Crippen LogP contribution in [0.2, 0.25) is 0 Å². The Labute approximate surface area is 147 Å². The van der Waals surface area contributed by atoms with E-state index in [-0.39, 0.29) is 6.03 Å². The van der Waals surface area contributed by atoms with Crippen molar-refractivity contribution in [3.8, 4) is 0 Å². The van der Waals surface area contributed by atoms with E-state index in [9.17, 15) is 4.79 Å². The number of nitrogens with zero attached hydrogens (tertiary/aromatic N) is 1. The van der Waals surface area contributed by atoms with Crippen LogP contribution in [-0.4, -0.2) is 17.6 Å². The molecule has 0 spiro atoms. The summed E-state index contributed by atoms with van der Waals surface area (Å²) in [5.74, 6) is 0.628. The van der Waals surface area contributed by atoms with E-state index in [0.29, 0.717) is 19.0 Å². The van der Waals surface area contributed by atoms with Crippen LogP contribution >= 0.6 is 11.3 Å². The summed E-state index contributed by atoms with van der Waals surface area (Å²) in [6.07, 6.45) is 7.36. The molecular weight excluding hydrogens is 318 g/mol. The molecule has 0 atom stereocenters. The molecule has 0 aliphatic heterocycles. The van der Waals surface area contributed by atoms with Gasteiger partial charge in [-0.3, -0.25) is 0 Å². The summed E-state index contributed by atoms with van der Waals surface area (Å²) >= 11 is 1.65. The van der Waals surface area contributed by atoms with Crippen molar-refractivity contribution in [1.82, 2.24) is 15.6 Å². The van der Waals surface area contributed by atoms with Gasteiger partial charge in [-0.1, -0.05) is 49.6 Å². The predicted molar refractivity (Wildman–Crippen MR) is 98.3 cm³/mol. The first-order valence-corrected chi connectivity index (χ1v) is 9.69. The van der Waals surface area contributed by atoms with Crippen LogP contribution < -0.4 is 10.6 Å². The molecule has 4 nitrogen and oxygen atoms in total. The fourth-order valence-corrected chi connectivity index (χ4v) is 3.99. The van der Waals surface area contributed by atoms with Gasteiger partial charge in [0.25, 0.3) is 0 Å². The van der Waals surface area contributed by atoms with E-state index in [1.54, 1.807) is 11.3 Å². The number of urea groups is 1. The van der Waals surface area contributed by atoms with Gasteiger partial charge in [-0.25, -0.2) is 9.78 Å². The van der Waals surface area contributed by atoms with Gasteiger partial charge in [-0.05, 0) is 24.8 Å². The SMILES string of the molecule is O=C(NCCc1ccccc1)NCc1nc(C2CCCCC2)cs1. The zero-order chi connectivity index (χ0) is 16.6. The number of aromatic nitrogens is 1. The van der Waals surface area contributed by atoms with Gasteiger partial charge in [0.15, 0.2) is 0 Å². The minimum atomic E-state index is -0.125. The molecule has 0 saturated heterocycles. The second-order valence-corrected chi connectivity index (χ2v) is 7.29. The Kier molecular flexibility index (Phi) is 6.24. The van der Waals surface area contributed by atoms with E-state index >= 15 is 0 Å². The number of carbonyl (C=O) groups is 1. The first-order chi connectivity index (χ1) is 11.8. The third-order valence-electron chi connectivity index (χ3n) is 4.54. The van der Waals surface area contributed by atoms with Crippen molar-refractivity contribution in [1.29, 1.82) is 0 Å². The van der Waals surface area contributed by atoms with Gasteiger partial charge >= 0.3 is 6.03 Å². The average molecular weight is 343 g/mol. The molecule has 0 unspecified atom stereocenters. The molecule has 2 N–H and O–H groups in total. The lowest BCUT2D eigenvalue weighted by Crippen LogP contribution is -2.36. The lowest BCUT2D eigenvalue weighted by molar-refractivity contribution is 0.240. The summed E-state index contributed by atoms with van der Waals surface area (Å²) in [6.45, 7) is 1.15. The number of amides is 2. The molecule has 0 radical (unpaired) electrons. The highest BCUT2D eigenvalue weighted by Crippen LogP contribution is 2.32. The van der Waals surface area contributed by atoms with Crippen molar-refractivity contribution in [3.05, 3.63) is 52.0 Å². The van der Waals surface area contributed by atoms with Crippen molar-refractivity contribution in [3.63, 3.8) is 0 Å². The molecule has 1 heterocycles. The second kappa shape index (κ2) is 8.83. The maximum absolute atomic E-state index is 11.9. The molecule has 3 rings (SSSR count). The summed E-state index contributed by atoms with van der Waals surface area (Å²) in [6, 6.07) is 10.0. The highest BCUT2D eigenvalue weighted by molar-refractivity contribution is 7.09. The quantitative estimate of drug-likeness (QED) is 0.824. The molecule has 1 aliphatic carbocycles. The van der Waals surface area contributed by atoms with Crippen LogP contribution in [0.25, 0.3) is 0 Å². The fourth-order valence-electron chi connectivity index (χ4n) is 3.18. The van der Waals surface area contributed by atoms with E-state index in [1.165, 1.54) is 43.4 Å². The van der Waals surface area contributed by atoms with Gasteiger partial charge in [0.05, 0.1) is 12.2 Å². The Morgan fingerprint density at radius 1 is 1.12 bits per heavy atom. The number of hydrogen-bond donors (Lipinski definition) is 2. The predicted octanol–water partition coefficient (Wildman–Crippen LogP) is 4.23. The first-order valence-electron chi connectivity index (χ1n) is 8.81. The molecule has 24 heavy (non-hydrogen) atoms. The summed E-state index contributed by atoms with van der Waals surface area (Å²) in [4.78, 5) is 16.6. The Bertz CT molecular complexity index is 635. The van der Waals surface area contributed by atoms with Crippen LogP contribution in [0.3, 0.4) is 0 Å². The molecule has 128 valence electrons. The third kappa shape index (κ3) is 5.06. The monoisotopic (exact) mass is 343 g/mol. The minimum Gasteiger partial charge on any atom is -0.338 e. The van der Waals surface area contributed by atoms with Crippen LogP contribution in [0.5, 0.6) is 0 Å². The first kappa shape index (κ1) is 17.0. The summed E-state index contributed by atoms with van der Waals surface area (Å²) in [5, 5.41) is 8.96. The minimum absolute atomic E-state index is 0.125. The zero-order valence-electron chi connectivity index (χ0n) is 14.0. The van der Waals surface area contributed by atoms with Crippen molar-refractivity contribution in [2.24, 2.45) is 0 Å². The van der Waals surface area contributed by atoms with Crippen molar-refractivity contribution >= 4 is 17.4 Å². The molecule has 1 aromatic heterocycles. The Balaban J connectivity index is 1.37. The zero-order valence-corrected chi connectivity index (χ0v) is 14.8. The Morgan fingerprint density at radius 3 is 2.71 bits per heavy atom. The molecule has 1 aliphatic rings. The second-order valence-electron chi connectivity index (χ2n) is 6.35. The standard InChI is InChI=1S/C19H25N3OS/c23-19(20-12-11-15-7-3-1-4-8-15)21-13-18-22-17(14-24-18)16-9-5-2-6-10-16/h1,3-4,7-8,14,16H,2,5-6,9-13H2,(H2,20,21,23). The number of benzene rings is 1. The largest absolute Gasteiger partial charge is 0.338 e. The van der Waals surface area contributed by atoms with E-state index in [2.05, 4.69) is 28.1 Å². The topological polar surface area (TPSA) is 54.0 Å². The maximum Gasteiger partial charge on any atom is 0.315 e. The van der Waals surface area contributed by atoms with E-state index in [4.69, 9.17) is 4.98 Å². The van der Waals surface area contributed by atoms with Crippen molar-refractivity contribution < 1.29 is 4.79 Å². The molecule has 1 fully saturated rings. The molecular formula is C19H25N3OS. The Hall–Kier alpha value is -1.88. The summed E-state index contributed by atoms with van der Waals surface area (Å²) in [7, 11) is 0. The van der Waals surface area contributed by atoms with E-state index in [0.717, 1.165) is 11.4 Å². The highest BCUT2D eigenvalue weighted by Gasteiger charge is 2.18. The van der Waals surface area contributed by atoms with Crippen molar-refractivity contribution in [2.75, 3.05) is 6.54 Å². The van der Waals surface area contributed by atoms with Gasteiger partial charge in [0, 0.05) is 17.8 Å². The molecule has 5 heteroatoms. The van der Waals surface area contributed by atoms with Crippen LogP contribution in [0.4, 0.5) is 4.79 Å². The Morgan fingerprint density at radius 2 is 1.92 bits per heavy atom. The van der Waals surface area contributed by atoms with Crippen LogP contribution in [-0.2, 0) is 13.0 Å². The number of thiazole rings is 1. The smallest absolute Gasteiger partial charge is 0.315 e. The average Bonchev–Trinajstić information content (AvgIpc) is 3.11. The number of hydrogen-bond acceptors (Lipinski definition) is 3. The summed E-state index contributed by atoms with van der Waals surface area (Å²) < 4.78 is 0. The fraction of sp³-hybridized carbons (Fsp3) is 0.474. The van der Waals surface area contributed by atoms with E-state index in [1.807, 2.05) is 18.2 Å². The van der Waals surface area contributed by atoms with Crippen LogP contribution in [0.15, 0.2) is 35.7 Å². The van der Waals surface area contributed by atoms with Gasteiger partial charge in [0.2, 0.25) is 0 Å². The van der Waals surface area contributed by atoms with Gasteiger partial charge in [0.1, 0.15) is 5.01 Å². The van der Waals surface area contributed by atoms with Crippen molar-refractivity contribution in [2.45, 2.75) is 51.0 Å². The molecule has 2 aromatic rings. The maximum atomic E-state index is 11.9. The highest BCUT2D eigenvalue weighted by atomic mass is 32.1.